The molecule has 0 saturated carbocycles. The maximum Gasteiger partial charge on any atom is 0.293 e. The number of nitrogens with zero attached hydrogens (tertiary/aromatic N) is 3. The first-order valence-corrected chi connectivity index (χ1v) is 9.58. The SMILES string of the molecule is COc1ccc(/C=N\NC(=O)c2nn(Cc3ccc(Br)cc3)cc2Br)cc1. The quantitative estimate of drug-likeness (QED) is 0.414. The molecule has 0 aliphatic carbocycles. The Labute approximate surface area is 173 Å². The average molecular weight is 492 g/mol. The van der Waals surface area contributed by atoms with Gasteiger partial charge >= 0.3 is 0 Å². The van der Waals surface area contributed by atoms with Crippen molar-refractivity contribution < 1.29 is 9.53 Å². The Morgan fingerprint density at radius 3 is 2.56 bits per heavy atom. The van der Waals surface area contributed by atoms with Crippen molar-refractivity contribution in [1.29, 1.82) is 0 Å². The fourth-order valence-electron chi connectivity index (χ4n) is 2.32. The number of amides is 1. The molecule has 0 unspecified atom stereocenters. The molecule has 0 aliphatic heterocycles. The highest BCUT2D eigenvalue weighted by Crippen LogP contribution is 2.17. The second kappa shape index (κ2) is 8.96. The van der Waals surface area contributed by atoms with E-state index in [0.29, 0.717) is 11.0 Å². The molecular weight excluding hydrogens is 476 g/mol. The van der Waals surface area contributed by atoms with E-state index < -0.39 is 0 Å². The fourth-order valence-corrected chi connectivity index (χ4v) is 3.08. The Hall–Kier alpha value is -2.45. The number of hydrogen-bond acceptors (Lipinski definition) is 4. The Morgan fingerprint density at radius 1 is 1.19 bits per heavy atom. The molecule has 27 heavy (non-hydrogen) atoms. The number of rotatable bonds is 6. The second-order valence-electron chi connectivity index (χ2n) is 5.62. The molecule has 3 aromatic rings. The summed E-state index contributed by atoms with van der Waals surface area (Å²) >= 11 is 6.79. The van der Waals surface area contributed by atoms with Crippen molar-refractivity contribution in [2.45, 2.75) is 6.54 Å². The number of hydrogen-bond donors (Lipinski definition) is 1. The minimum atomic E-state index is -0.388. The topological polar surface area (TPSA) is 68.5 Å². The number of hydrazone groups is 1. The fraction of sp³-hybridized carbons (Fsp3) is 0.105. The van der Waals surface area contributed by atoms with Crippen molar-refractivity contribution in [1.82, 2.24) is 15.2 Å². The van der Waals surface area contributed by atoms with E-state index in [9.17, 15) is 4.79 Å². The monoisotopic (exact) mass is 490 g/mol. The highest BCUT2D eigenvalue weighted by Gasteiger charge is 2.14. The van der Waals surface area contributed by atoms with Gasteiger partial charge in [0, 0.05) is 10.7 Å². The molecule has 0 fully saturated rings. The third-order valence-corrected chi connectivity index (χ3v) is 4.79. The van der Waals surface area contributed by atoms with E-state index in [1.807, 2.05) is 48.5 Å². The molecule has 1 N–H and O–H groups in total. The Kier molecular flexibility index (Phi) is 6.41. The van der Waals surface area contributed by atoms with Gasteiger partial charge in [0.2, 0.25) is 0 Å². The summed E-state index contributed by atoms with van der Waals surface area (Å²) in [6, 6.07) is 15.3. The molecule has 1 amide bonds. The van der Waals surface area contributed by atoms with Crippen LogP contribution in [0.1, 0.15) is 21.6 Å². The summed E-state index contributed by atoms with van der Waals surface area (Å²) in [5, 5.41) is 8.31. The van der Waals surface area contributed by atoms with Crippen molar-refractivity contribution in [2.75, 3.05) is 7.11 Å². The molecule has 0 radical (unpaired) electrons. The third kappa shape index (κ3) is 5.27. The molecule has 2 aromatic carbocycles. The summed E-state index contributed by atoms with van der Waals surface area (Å²) in [5.74, 6) is 0.373. The van der Waals surface area contributed by atoms with E-state index in [-0.39, 0.29) is 11.6 Å². The maximum absolute atomic E-state index is 12.3. The van der Waals surface area contributed by atoms with Crippen LogP contribution in [0.15, 0.2) is 68.8 Å². The molecule has 0 atom stereocenters. The van der Waals surface area contributed by atoms with Gasteiger partial charge < -0.3 is 4.74 Å². The normalized spacial score (nSPS) is 10.9. The number of nitrogens with one attached hydrogen (secondary N) is 1. The van der Waals surface area contributed by atoms with Gasteiger partial charge in [-0.1, -0.05) is 28.1 Å². The van der Waals surface area contributed by atoms with E-state index in [0.717, 1.165) is 21.3 Å². The van der Waals surface area contributed by atoms with Crippen LogP contribution >= 0.6 is 31.9 Å². The molecule has 0 aliphatic rings. The molecule has 6 nitrogen and oxygen atoms in total. The maximum atomic E-state index is 12.3. The summed E-state index contributed by atoms with van der Waals surface area (Å²) in [6.07, 6.45) is 3.33. The van der Waals surface area contributed by atoms with E-state index in [1.165, 1.54) is 0 Å². The summed E-state index contributed by atoms with van der Waals surface area (Å²) in [4.78, 5) is 12.3. The Bertz CT molecular complexity index is 951. The van der Waals surface area contributed by atoms with Crippen LogP contribution in [-0.4, -0.2) is 29.0 Å². The smallest absolute Gasteiger partial charge is 0.293 e. The lowest BCUT2D eigenvalue weighted by Gasteiger charge is -2.02. The predicted octanol–water partition coefficient (Wildman–Crippen LogP) is 4.23. The van der Waals surface area contributed by atoms with E-state index in [1.54, 1.807) is 24.2 Å². The number of ether oxygens (including phenoxy) is 1. The molecule has 1 heterocycles. The number of carbonyl (C=O) groups is 1. The van der Waals surface area contributed by atoms with Gasteiger partial charge in [0.15, 0.2) is 5.69 Å². The van der Waals surface area contributed by atoms with Gasteiger partial charge in [-0.3, -0.25) is 9.48 Å². The molecule has 0 saturated heterocycles. The second-order valence-corrected chi connectivity index (χ2v) is 7.39. The minimum absolute atomic E-state index is 0.277. The average Bonchev–Trinajstić information content (AvgIpc) is 3.04. The molecule has 8 heteroatoms. The van der Waals surface area contributed by atoms with Gasteiger partial charge in [-0.2, -0.15) is 10.2 Å². The first-order chi connectivity index (χ1) is 13.0. The highest BCUT2D eigenvalue weighted by atomic mass is 79.9. The summed E-state index contributed by atoms with van der Waals surface area (Å²) < 4.78 is 8.43. The summed E-state index contributed by atoms with van der Waals surface area (Å²) in [6.45, 7) is 0.564. The van der Waals surface area contributed by atoms with Crippen LogP contribution in [0.2, 0.25) is 0 Å². The zero-order valence-corrected chi connectivity index (χ0v) is 17.6. The lowest BCUT2D eigenvalue weighted by Crippen LogP contribution is -2.19. The van der Waals surface area contributed by atoms with Gasteiger partial charge in [-0.05, 0) is 63.5 Å². The van der Waals surface area contributed by atoms with Crippen molar-refractivity contribution in [2.24, 2.45) is 5.10 Å². The van der Waals surface area contributed by atoms with E-state index >= 15 is 0 Å². The first kappa shape index (κ1) is 19.3. The molecule has 3 rings (SSSR count). The molecular formula is C19H16Br2N4O2. The van der Waals surface area contributed by atoms with Crippen LogP contribution in [0, 0.1) is 0 Å². The summed E-state index contributed by atoms with van der Waals surface area (Å²) in [7, 11) is 1.61. The largest absolute Gasteiger partial charge is 0.497 e. The van der Waals surface area contributed by atoms with Gasteiger partial charge in [0.1, 0.15) is 5.75 Å². The van der Waals surface area contributed by atoms with Crippen LogP contribution in [0.3, 0.4) is 0 Å². The van der Waals surface area contributed by atoms with Crippen molar-refractivity contribution >= 4 is 44.0 Å². The zero-order chi connectivity index (χ0) is 19.2. The first-order valence-electron chi connectivity index (χ1n) is 8.00. The molecule has 0 bridgehead atoms. The van der Waals surface area contributed by atoms with Gasteiger partial charge in [-0.15, -0.1) is 0 Å². The number of halogens is 2. The molecule has 138 valence electrons. The van der Waals surface area contributed by atoms with Crippen molar-refractivity contribution in [3.05, 3.63) is 80.5 Å². The number of carbonyl (C=O) groups excluding carboxylic acids is 1. The number of benzene rings is 2. The van der Waals surface area contributed by atoms with E-state index in [2.05, 4.69) is 47.5 Å². The van der Waals surface area contributed by atoms with Gasteiger partial charge in [-0.25, -0.2) is 5.43 Å². The third-order valence-electron chi connectivity index (χ3n) is 3.69. The minimum Gasteiger partial charge on any atom is -0.497 e. The summed E-state index contributed by atoms with van der Waals surface area (Å²) in [5.41, 5.74) is 4.69. The van der Waals surface area contributed by atoms with Gasteiger partial charge in [0.25, 0.3) is 5.91 Å². The zero-order valence-electron chi connectivity index (χ0n) is 14.4. The molecule has 1 aromatic heterocycles. The van der Waals surface area contributed by atoms with Crippen molar-refractivity contribution in [3.8, 4) is 5.75 Å². The lowest BCUT2D eigenvalue weighted by molar-refractivity contribution is 0.0948. The van der Waals surface area contributed by atoms with Crippen LogP contribution in [-0.2, 0) is 6.54 Å². The number of methoxy groups -OCH3 is 1. The van der Waals surface area contributed by atoms with Crippen LogP contribution in [0.25, 0.3) is 0 Å². The van der Waals surface area contributed by atoms with E-state index in [4.69, 9.17) is 4.74 Å². The van der Waals surface area contributed by atoms with Crippen LogP contribution in [0.4, 0.5) is 0 Å². The van der Waals surface area contributed by atoms with Crippen LogP contribution < -0.4 is 10.2 Å². The Balaban J connectivity index is 1.63. The lowest BCUT2D eigenvalue weighted by atomic mass is 10.2. The number of aromatic nitrogens is 2. The van der Waals surface area contributed by atoms with Gasteiger partial charge in [0.05, 0.1) is 24.3 Å². The predicted molar refractivity (Wildman–Crippen MR) is 111 cm³/mol. The highest BCUT2D eigenvalue weighted by molar-refractivity contribution is 9.10. The Morgan fingerprint density at radius 2 is 1.89 bits per heavy atom. The standard InChI is InChI=1S/C19H16Br2N4O2/c1-27-16-8-4-13(5-9-16)10-22-23-19(26)18-17(21)12-25(24-18)11-14-2-6-15(20)7-3-14/h2-10,12H,11H2,1H3,(H,23,26)/b22-10-. The molecule has 0 spiro atoms. The van der Waals surface area contributed by atoms with Crippen molar-refractivity contribution in [3.63, 3.8) is 0 Å². The van der Waals surface area contributed by atoms with Crippen LogP contribution in [0.5, 0.6) is 5.75 Å².